The molecule has 18 heavy (non-hydrogen) atoms. The highest BCUT2D eigenvalue weighted by molar-refractivity contribution is 9.10. The van der Waals surface area contributed by atoms with Gasteiger partial charge in [-0.1, -0.05) is 18.5 Å². The maximum atomic E-state index is 11.3. The molecule has 0 aliphatic heterocycles. The first-order valence-corrected chi connectivity index (χ1v) is 8.42. The molecule has 7 heteroatoms. The fraction of sp³-hybridized carbons (Fsp3) is 0.455. The molecule has 1 rings (SSSR count). The molecule has 1 aromatic rings. The van der Waals surface area contributed by atoms with Crippen LogP contribution in [0.3, 0.4) is 0 Å². The van der Waals surface area contributed by atoms with Gasteiger partial charge in [-0.2, -0.15) is 0 Å². The van der Waals surface area contributed by atoms with Gasteiger partial charge in [0.2, 0.25) is 0 Å². The number of nitrogens with two attached hydrogens (primary N) is 1. The second-order valence-corrected chi connectivity index (χ2v) is 7.51. The van der Waals surface area contributed by atoms with Crippen molar-refractivity contribution in [3.05, 3.63) is 21.6 Å². The number of rotatable bonds is 6. The average Bonchev–Trinajstić information content (AvgIpc) is 2.26. The summed E-state index contributed by atoms with van der Waals surface area (Å²) < 4.78 is 28.7. The highest BCUT2D eigenvalue weighted by atomic mass is 79.9. The standard InChI is InChI=1S/C11H15BrClNO3S/c1-2-18(15,16)5-3-4-17-11-9(12)6-8(13)7-10(11)14/h6-7H,2-5,14H2,1H3. The fourth-order valence-corrected chi connectivity index (χ4v) is 3.12. The van der Waals surface area contributed by atoms with Crippen molar-refractivity contribution in [3.63, 3.8) is 0 Å². The first kappa shape index (κ1) is 15.6. The van der Waals surface area contributed by atoms with Crippen LogP contribution >= 0.6 is 27.5 Å². The third-order valence-corrected chi connectivity index (χ3v) is 4.92. The lowest BCUT2D eigenvalue weighted by Crippen LogP contribution is -2.12. The molecule has 1 aromatic carbocycles. The smallest absolute Gasteiger partial charge is 0.156 e. The molecule has 0 aromatic heterocycles. The minimum absolute atomic E-state index is 0.120. The maximum absolute atomic E-state index is 11.3. The van der Waals surface area contributed by atoms with Crippen molar-refractivity contribution in [2.75, 3.05) is 23.8 Å². The Balaban J connectivity index is 2.55. The van der Waals surface area contributed by atoms with E-state index in [9.17, 15) is 8.42 Å². The van der Waals surface area contributed by atoms with Crippen molar-refractivity contribution in [1.82, 2.24) is 0 Å². The van der Waals surface area contributed by atoms with Crippen LogP contribution in [0.2, 0.25) is 5.02 Å². The molecule has 0 spiro atoms. The summed E-state index contributed by atoms with van der Waals surface area (Å²) in [5, 5.41) is 0.514. The highest BCUT2D eigenvalue weighted by Gasteiger charge is 2.10. The van der Waals surface area contributed by atoms with Crippen molar-refractivity contribution in [2.45, 2.75) is 13.3 Å². The van der Waals surface area contributed by atoms with Crippen LogP contribution in [0.4, 0.5) is 5.69 Å². The monoisotopic (exact) mass is 355 g/mol. The number of sulfone groups is 1. The Bertz CT molecular complexity index is 496. The molecule has 102 valence electrons. The summed E-state index contributed by atoms with van der Waals surface area (Å²) in [5.74, 6) is 0.766. The Labute approximate surface area is 121 Å². The van der Waals surface area contributed by atoms with E-state index in [-0.39, 0.29) is 11.5 Å². The summed E-state index contributed by atoms with van der Waals surface area (Å²) in [6.45, 7) is 1.92. The molecule has 4 nitrogen and oxygen atoms in total. The first-order chi connectivity index (χ1) is 8.35. The van der Waals surface area contributed by atoms with Crippen LogP contribution in [0, 0.1) is 0 Å². The second-order valence-electron chi connectivity index (χ2n) is 3.74. The van der Waals surface area contributed by atoms with Crippen LogP contribution in [0.25, 0.3) is 0 Å². The summed E-state index contributed by atoms with van der Waals surface area (Å²) in [6, 6.07) is 3.26. The van der Waals surface area contributed by atoms with E-state index in [2.05, 4.69) is 15.9 Å². The van der Waals surface area contributed by atoms with Crippen LogP contribution in [0.5, 0.6) is 5.75 Å². The van der Waals surface area contributed by atoms with E-state index in [1.54, 1.807) is 19.1 Å². The fourth-order valence-electron chi connectivity index (χ4n) is 1.33. The molecule has 0 radical (unpaired) electrons. The van der Waals surface area contributed by atoms with Crippen LogP contribution in [-0.2, 0) is 9.84 Å². The van der Waals surface area contributed by atoms with Gasteiger partial charge in [0.05, 0.1) is 22.5 Å². The molecular weight excluding hydrogens is 342 g/mol. The van der Waals surface area contributed by atoms with Gasteiger partial charge in [-0.25, -0.2) is 8.42 Å². The lowest BCUT2D eigenvalue weighted by molar-refractivity contribution is 0.317. The van der Waals surface area contributed by atoms with Crippen LogP contribution < -0.4 is 10.5 Å². The predicted octanol–water partition coefficient (Wildman–Crippen LogP) is 2.89. The minimum atomic E-state index is -2.94. The molecule has 0 unspecified atom stereocenters. The molecule has 2 N–H and O–H groups in total. The zero-order valence-corrected chi connectivity index (χ0v) is 13.1. The predicted molar refractivity (Wildman–Crippen MR) is 78.0 cm³/mol. The van der Waals surface area contributed by atoms with Gasteiger partial charge in [0, 0.05) is 10.8 Å². The Hall–Kier alpha value is -0.460. The van der Waals surface area contributed by atoms with E-state index < -0.39 is 9.84 Å². The second kappa shape index (κ2) is 6.63. The van der Waals surface area contributed by atoms with E-state index in [1.807, 2.05) is 0 Å². The molecule has 0 amide bonds. The van der Waals surface area contributed by atoms with E-state index in [0.717, 1.165) is 0 Å². The molecule has 0 aliphatic carbocycles. The van der Waals surface area contributed by atoms with Gasteiger partial charge in [0.1, 0.15) is 9.84 Å². The maximum Gasteiger partial charge on any atom is 0.156 e. The Morgan fingerprint density at radius 2 is 2.11 bits per heavy atom. The molecule has 0 aliphatic rings. The average molecular weight is 357 g/mol. The molecule has 0 fully saturated rings. The van der Waals surface area contributed by atoms with Crippen molar-refractivity contribution < 1.29 is 13.2 Å². The normalized spacial score (nSPS) is 11.5. The van der Waals surface area contributed by atoms with Gasteiger partial charge in [-0.15, -0.1) is 0 Å². The van der Waals surface area contributed by atoms with E-state index in [0.29, 0.717) is 34.0 Å². The van der Waals surface area contributed by atoms with Crippen molar-refractivity contribution in [2.24, 2.45) is 0 Å². The third kappa shape index (κ3) is 4.66. The van der Waals surface area contributed by atoms with Gasteiger partial charge < -0.3 is 10.5 Å². The Morgan fingerprint density at radius 1 is 1.44 bits per heavy atom. The molecule has 0 atom stereocenters. The lowest BCUT2D eigenvalue weighted by atomic mass is 10.3. The number of ether oxygens (including phenoxy) is 1. The summed E-state index contributed by atoms with van der Waals surface area (Å²) in [6.07, 6.45) is 0.435. The number of benzene rings is 1. The van der Waals surface area contributed by atoms with E-state index in [4.69, 9.17) is 22.1 Å². The summed E-state index contributed by atoms with van der Waals surface area (Å²) in [7, 11) is -2.94. The van der Waals surface area contributed by atoms with Crippen LogP contribution in [-0.4, -0.2) is 26.5 Å². The highest BCUT2D eigenvalue weighted by Crippen LogP contribution is 2.34. The molecule has 0 saturated carbocycles. The number of hydrogen-bond donors (Lipinski definition) is 1. The lowest BCUT2D eigenvalue weighted by Gasteiger charge is -2.11. The topological polar surface area (TPSA) is 69.4 Å². The van der Waals surface area contributed by atoms with Crippen LogP contribution in [0.1, 0.15) is 13.3 Å². The van der Waals surface area contributed by atoms with E-state index >= 15 is 0 Å². The summed E-state index contributed by atoms with van der Waals surface area (Å²) in [5.41, 5.74) is 6.18. The molecule has 0 saturated heterocycles. The molecule has 0 heterocycles. The zero-order chi connectivity index (χ0) is 13.8. The van der Waals surface area contributed by atoms with Gasteiger partial charge in [-0.05, 0) is 34.5 Å². The quantitative estimate of drug-likeness (QED) is 0.628. The molecular formula is C11H15BrClNO3S. The van der Waals surface area contributed by atoms with Crippen LogP contribution in [0.15, 0.2) is 16.6 Å². The van der Waals surface area contributed by atoms with E-state index in [1.165, 1.54) is 0 Å². The van der Waals surface area contributed by atoms with Crippen molar-refractivity contribution >= 4 is 43.1 Å². The number of anilines is 1. The summed E-state index contributed by atoms with van der Waals surface area (Å²) in [4.78, 5) is 0. The van der Waals surface area contributed by atoms with Crippen molar-refractivity contribution in [1.29, 1.82) is 0 Å². The van der Waals surface area contributed by atoms with Gasteiger partial charge >= 0.3 is 0 Å². The number of nitrogen functional groups attached to an aromatic ring is 1. The largest absolute Gasteiger partial charge is 0.490 e. The van der Waals surface area contributed by atoms with Gasteiger partial charge in [0.25, 0.3) is 0 Å². The van der Waals surface area contributed by atoms with Crippen molar-refractivity contribution in [3.8, 4) is 5.75 Å². The molecule has 0 bridgehead atoms. The zero-order valence-electron chi connectivity index (χ0n) is 9.95. The summed E-state index contributed by atoms with van der Waals surface area (Å²) >= 11 is 9.11. The third-order valence-electron chi connectivity index (χ3n) is 2.32. The van der Waals surface area contributed by atoms with Gasteiger partial charge in [0.15, 0.2) is 5.75 Å². The minimum Gasteiger partial charge on any atom is -0.490 e. The SMILES string of the molecule is CCS(=O)(=O)CCCOc1c(N)cc(Cl)cc1Br. The van der Waals surface area contributed by atoms with Gasteiger partial charge in [-0.3, -0.25) is 0 Å². The number of hydrogen-bond acceptors (Lipinski definition) is 4. The number of halogens is 2. The first-order valence-electron chi connectivity index (χ1n) is 5.43. The Morgan fingerprint density at radius 3 is 2.67 bits per heavy atom. The Kier molecular flexibility index (Phi) is 5.75.